The van der Waals surface area contributed by atoms with Crippen LogP contribution < -0.4 is 5.46 Å². The Morgan fingerprint density at radius 2 is 1.78 bits per heavy atom. The van der Waals surface area contributed by atoms with Gasteiger partial charge in [0.15, 0.2) is 0 Å². The highest BCUT2D eigenvalue weighted by atomic mass is 35.5. The van der Waals surface area contributed by atoms with Gasteiger partial charge in [-0.05, 0) is 19.4 Å². The molecule has 1 aromatic rings. The Balaban J connectivity index is 2.88. The summed E-state index contributed by atoms with van der Waals surface area (Å²) >= 11 is 5.68. The summed E-state index contributed by atoms with van der Waals surface area (Å²) < 4.78 is 0. The number of hydrogen-bond acceptors (Lipinski definition) is 0. The second kappa shape index (κ2) is 2.93. The van der Waals surface area contributed by atoms with Gasteiger partial charge in [-0.3, -0.25) is 0 Å². The van der Waals surface area contributed by atoms with Crippen LogP contribution in [0, 0.1) is 0 Å². The Bertz CT molecular complexity index is 181. The first-order chi connectivity index (χ1) is 4.33. The number of benzene rings is 1. The number of rotatable bonds is 1. The lowest BCUT2D eigenvalue weighted by atomic mass is 9.74. The molecule has 0 saturated carbocycles. The van der Waals surface area contributed by atoms with Crippen LogP contribution in [0.25, 0.3) is 0 Å². The van der Waals surface area contributed by atoms with Gasteiger partial charge in [0.25, 0.3) is 0 Å². The van der Waals surface area contributed by atoms with Gasteiger partial charge < -0.3 is 0 Å². The highest BCUT2D eigenvalue weighted by molar-refractivity contribution is 6.52. The number of halogens is 1. The average molecular weight is 139 g/mol. The molecule has 0 bridgehead atoms. The van der Waals surface area contributed by atoms with Gasteiger partial charge in [0.1, 0.15) is 0 Å². The zero-order chi connectivity index (χ0) is 6.69. The molecule has 0 amide bonds. The van der Waals surface area contributed by atoms with E-state index < -0.39 is 0 Å². The Morgan fingerprint density at radius 3 is 2.22 bits per heavy atom. The maximum Gasteiger partial charge on any atom is 0.0403 e. The van der Waals surface area contributed by atoms with E-state index in [9.17, 15) is 0 Å². The first kappa shape index (κ1) is 6.69. The Morgan fingerprint density at radius 1 is 1.22 bits per heavy atom. The van der Waals surface area contributed by atoms with Crippen LogP contribution in [0.4, 0.5) is 0 Å². The molecule has 2 heteroatoms. The van der Waals surface area contributed by atoms with Crippen LogP contribution in [0.3, 0.4) is 0 Å². The van der Waals surface area contributed by atoms with Crippen molar-refractivity contribution in [1.29, 1.82) is 0 Å². The van der Waals surface area contributed by atoms with Crippen molar-refractivity contribution in [3.8, 4) is 0 Å². The van der Waals surface area contributed by atoms with Crippen molar-refractivity contribution < 1.29 is 0 Å². The lowest BCUT2D eigenvalue weighted by molar-refractivity contribution is 1.76. The molecule has 0 nitrogen and oxygen atoms in total. The zero-order valence-electron chi connectivity index (χ0n) is 5.69. The summed E-state index contributed by atoms with van der Waals surface area (Å²) in [7, 11) is 0.123. The molecule has 0 aliphatic carbocycles. The minimum absolute atomic E-state index is 0.123. The van der Waals surface area contributed by atoms with Crippen LogP contribution >= 0.6 is 11.6 Å². The van der Waals surface area contributed by atoms with Crippen molar-refractivity contribution in [2.45, 2.75) is 6.82 Å². The Kier molecular flexibility index (Phi) is 2.18. The van der Waals surface area contributed by atoms with Gasteiger partial charge in [-0.2, -0.15) is 6.82 Å². The molecule has 0 heterocycles. The van der Waals surface area contributed by atoms with E-state index in [-0.39, 0.29) is 7.28 Å². The van der Waals surface area contributed by atoms with E-state index in [0.29, 0.717) is 0 Å². The molecule has 0 unspecified atom stereocenters. The SMILES string of the molecule is C[BH2-]c1ccc(Cl)cc1. The van der Waals surface area contributed by atoms with E-state index in [1.54, 1.807) is 0 Å². The molecular formula is C7H9BCl-. The van der Waals surface area contributed by atoms with Gasteiger partial charge in [0, 0.05) is 5.02 Å². The molecule has 0 fully saturated rings. The molecule has 0 radical (unpaired) electrons. The van der Waals surface area contributed by atoms with Gasteiger partial charge in [0.05, 0.1) is 0 Å². The summed E-state index contributed by atoms with van der Waals surface area (Å²) in [5.41, 5.74) is 1.46. The predicted octanol–water partition coefficient (Wildman–Crippen LogP) is 1.18. The van der Waals surface area contributed by atoms with Crippen LogP contribution in [-0.4, -0.2) is 7.28 Å². The Hall–Kier alpha value is -0.425. The van der Waals surface area contributed by atoms with E-state index in [4.69, 9.17) is 11.6 Å². The maximum absolute atomic E-state index is 5.68. The smallest absolute Gasteiger partial charge is 0.0403 e. The molecule has 0 spiro atoms. The fraction of sp³-hybridized carbons (Fsp3) is 0.143. The predicted molar refractivity (Wildman–Crippen MR) is 45.5 cm³/mol. The number of hydrogen-bond donors (Lipinski definition) is 0. The molecule has 1 aromatic carbocycles. The minimum atomic E-state index is 0.123. The first-order valence-corrected chi connectivity index (χ1v) is 3.89. The third-order valence-corrected chi connectivity index (χ3v) is 1.84. The molecule has 9 heavy (non-hydrogen) atoms. The minimum Gasteiger partial charge on any atom is -0.217 e. The van der Waals surface area contributed by atoms with Gasteiger partial charge >= 0.3 is 0 Å². The van der Waals surface area contributed by atoms with Crippen molar-refractivity contribution in [3.05, 3.63) is 29.3 Å². The monoisotopic (exact) mass is 139 g/mol. The van der Waals surface area contributed by atoms with Crippen molar-refractivity contribution in [2.75, 3.05) is 0 Å². The summed E-state index contributed by atoms with van der Waals surface area (Å²) in [6.07, 6.45) is 0. The quantitative estimate of drug-likeness (QED) is 0.513. The molecule has 48 valence electrons. The average Bonchev–Trinajstić information content (AvgIpc) is 1.90. The summed E-state index contributed by atoms with van der Waals surface area (Å²) in [5, 5.41) is 0.832. The normalized spacial score (nSPS) is 9.56. The molecule has 0 N–H and O–H groups in total. The maximum atomic E-state index is 5.68. The Labute approximate surface area is 61.1 Å². The summed E-state index contributed by atoms with van der Waals surface area (Å²) in [5.74, 6) is 0. The summed E-state index contributed by atoms with van der Waals surface area (Å²) in [6.45, 7) is 2.25. The van der Waals surface area contributed by atoms with Crippen molar-refractivity contribution >= 4 is 24.3 Å². The molecular weight excluding hydrogens is 130 g/mol. The molecule has 0 aliphatic rings. The first-order valence-electron chi connectivity index (χ1n) is 3.51. The van der Waals surface area contributed by atoms with E-state index in [1.165, 1.54) is 5.46 Å². The lowest BCUT2D eigenvalue weighted by Crippen LogP contribution is -2.08. The molecule has 0 aliphatic heterocycles. The van der Waals surface area contributed by atoms with E-state index in [0.717, 1.165) is 5.02 Å². The van der Waals surface area contributed by atoms with E-state index in [2.05, 4.69) is 19.0 Å². The van der Waals surface area contributed by atoms with Gasteiger partial charge in [-0.15, -0.1) is 0 Å². The van der Waals surface area contributed by atoms with E-state index in [1.807, 2.05) is 12.1 Å². The van der Waals surface area contributed by atoms with Crippen LogP contribution in [-0.2, 0) is 0 Å². The highest BCUT2D eigenvalue weighted by Crippen LogP contribution is 2.02. The zero-order valence-corrected chi connectivity index (χ0v) is 6.44. The highest BCUT2D eigenvalue weighted by Gasteiger charge is 1.81. The lowest BCUT2D eigenvalue weighted by Gasteiger charge is -1.98. The van der Waals surface area contributed by atoms with Gasteiger partial charge in [-0.1, -0.05) is 23.7 Å². The standard InChI is InChI=1S/C7H9BCl/c1-8-6-2-4-7(9)5-3-6/h2-5H,8H2,1H3/q-1. The fourth-order valence-corrected chi connectivity index (χ4v) is 0.993. The third-order valence-electron chi connectivity index (χ3n) is 1.59. The topological polar surface area (TPSA) is 0 Å². The van der Waals surface area contributed by atoms with Gasteiger partial charge in [-0.25, -0.2) is 5.46 Å². The molecule has 0 saturated heterocycles. The summed E-state index contributed by atoms with van der Waals surface area (Å²) in [6, 6.07) is 8.10. The van der Waals surface area contributed by atoms with Crippen LogP contribution in [0.5, 0.6) is 0 Å². The van der Waals surface area contributed by atoms with Crippen LogP contribution in [0.2, 0.25) is 11.8 Å². The third kappa shape index (κ3) is 1.76. The van der Waals surface area contributed by atoms with Crippen molar-refractivity contribution in [1.82, 2.24) is 0 Å². The molecule has 0 atom stereocenters. The second-order valence-corrected chi connectivity index (χ2v) is 2.73. The van der Waals surface area contributed by atoms with Crippen molar-refractivity contribution in [2.24, 2.45) is 0 Å². The van der Waals surface area contributed by atoms with E-state index >= 15 is 0 Å². The summed E-state index contributed by atoms with van der Waals surface area (Å²) in [4.78, 5) is 0. The largest absolute Gasteiger partial charge is 0.217 e. The second-order valence-electron chi connectivity index (χ2n) is 2.30. The van der Waals surface area contributed by atoms with Crippen LogP contribution in [0.1, 0.15) is 0 Å². The van der Waals surface area contributed by atoms with Crippen LogP contribution in [0.15, 0.2) is 24.3 Å². The van der Waals surface area contributed by atoms with Crippen molar-refractivity contribution in [3.63, 3.8) is 0 Å². The fourth-order valence-electron chi connectivity index (χ4n) is 0.867. The molecule has 0 aromatic heterocycles. The molecule has 1 rings (SSSR count). The van der Waals surface area contributed by atoms with Gasteiger partial charge in [0.2, 0.25) is 0 Å².